The maximum absolute atomic E-state index is 12.3. The van der Waals surface area contributed by atoms with Crippen LogP contribution >= 0.6 is 11.3 Å². The summed E-state index contributed by atoms with van der Waals surface area (Å²) in [7, 11) is -2.31. The number of likely N-dealkylation sites (N-methyl/N-ethyl adjacent to an activating group) is 1. The Morgan fingerprint density at radius 1 is 1.50 bits per heavy atom. The zero-order chi connectivity index (χ0) is 14.8. The summed E-state index contributed by atoms with van der Waals surface area (Å²) in [5, 5.41) is 8.96. The highest BCUT2D eigenvalue weighted by atomic mass is 32.2. The number of hydrogen-bond donors (Lipinski definition) is 1. The number of carboxylic acid groups (broad SMARTS) is 1. The Kier molecular flexibility index (Phi) is 4.74. The molecule has 0 aliphatic carbocycles. The van der Waals surface area contributed by atoms with Crippen molar-refractivity contribution in [3.63, 3.8) is 0 Å². The second-order valence-electron chi connectivity index (χ2n) is 4.67. The van der Waals surface area contributed by atoms with Crippen molar-refractivity contribution in [3.05, 3.63) is 11.2 Å². The van der Waals surface area contributed by atoms with E-state index in [1.165, 1.54) is 16.9 Å². The molecular formula is C11H17N3O4S2. The number of carboxylic acids is 1. The lowest BCUT2D eigenvalue weighted by Crippen LogP contribution is -2.35. The van der Waals surface area contributed by atoms with Crippen LogP contribution in [0, 0.1) is 0 Å². The maximum atomic E-state index is 12.3. The van der Waals surface area contributed by atoms with Crippen molar-refractivity contribution in [2.45, 2.75) is 17.1 Å². The molecule has 0 unspecified atom stereocenters. The Labute approximate surface area is 121 Å². The van der Waals surface area contributed by atoms with Gasteiger partial charge in [0.2, 0.25) is 0 Å². The van der Waals surface area contributed by atoms with Gasteiger partial charge in [0.05, 0.1) is 5.51 Å². The second-order valence-corrected chi connectivity index (χ2v) is 7.76. The molecule has 0 radical (unpaired) electrons. The highest BCUT2D eigenvalue weighted by Crippen LogP contribution is 2.23. The smallest absolute Gasteiger partial charge is 0.356 e. The van der Waals surface area contributed by atoms with E-state index in [2.05, 4.69) is 9.88 Å². The zero-order valence-electron chi connectivity index (χ0n) is 11.2. The molecule has 112 valence electrons. The molecule has 1 aromatic rings. The van der Waals surface area contributed by atoms with Gasteiger partial charge in [-0.1, -0.05) is 0 Å². The summed E-state index contributed by atoms with van der Waals surface area (Å²) in [5.74, 6) is -1.32. The van der Waals surface area contributed by atoms with Gasteiger partial charge in [0, 0.05) is 20.1 Å². The first-order chi connectivity index (χ1) is 9.43. The minimum atomic E-state index is -3.78. The zero-order valence-corrected chi connectivity index (χ0v) is 12.8. The summed E-state index contributed by atoms with van der Waals surface area (Å²) in [5.41, 5.74) is 0.841. The highest BCUT2D eigenvalue weighted by molar-refractivity contribution is 7.91. The molecule has 0 amide bonds. The molecule has 0 saturated carbocycles. The molecule has 7 nitrogen and oxygen atoms in total. The van der Waals surface area contributed by atoms with E-state index < -0.39 is 21.7 Å². The number of likely N-dealkylation sites (tertiary alicyclic amines) is 1. The summed E-state index contributed by atoms with van der Waals surface area (Å²) in [4.78, 5) is 16.8. The van der Waals surface area contributed by atoms with Crippen molar-refractivity contribution in [3.8, 4) is 0 Å². The van der Waals surface area contributed by atoms with E-state index in [0.29, 0.717) is 13.1 Å². The monoisotopic (exact) mass is 319 g/mol. The summed E-state index contributed by atoms with van der Waals surface area (Å²) < 4.78 is 25.7. The summed E-state index contributed by atoms with van der Waals surface area (Å²) >= 11 is 0.836. The van der Waals surface area contributed by atoms with E-state index in [0.717, 1.165) is 37.3 Å². The number of rotatable bonds is 6. The predicted octanol–water partition coefficient (Wildman–Crippen LogP) is 0.558. The molecule has 9 heteroatoms. The highest BCUT2D eigenvalue weighted by Gasteiger charge is 2.29. The molecule has 2 heterocycles. The average Bonchev–Trinajstić information content (AvgIpc) is 3.06. The van der Waals surface area contributed by atoms with Crippen molar-refractivity contribution >= 4 is 27.3 Å². The lowest BCUT2D eigenvalue weighted by Gasteiger charge is -2.20. The van der Waals surface area contributed by atoms with Gasteiger partial charge >= 0.3 is 5.97 Å². The number of thiazole rings is 1. The second kappa shape index (κ2) is 6.17. The van der Waals surface area contributed by atoms with Gasteiger partial charge in [-0.3, -0.25) is 0 Å². The molecule has 20 heavy (non-hydrogen) atoms. The first-order valence-corrected chi connectivity index (χ1v) is 8.60. The van der Waals surface area contributed by atoms with Crippen molar-refractivity contribution in [2.75, 3.05) is 33.2 Å². The number of aromatic nitrogens is 1. The molecular weight excluding hydrogens is 302 g/mol. The topological polar surface area (TPSA) is 90.8 Å². The van der Waals surface area contributed by atoms with E-state index in [4.69, 9.17) is 5.11 Å². The van der Waals surface area contributed by atoms with Crippen LogP contribution in [-0.4, -0.2) is 66.9 Å². The Morgan fingerprint density at radius 2 is 2.15 bits per heavy atom. The van der Waals surface area contributed by atoms with Crippen LogP contribution < -0.4 is 0 Å². The predicted molar refractivity (Wildman–Crippen MR) is 74.6 cm³/mol. The van der Waals surface area contributed by atoms with E-state index in [1.807, 2.05) is 0 Å². The molecule has 1 fully saturated rings. The average molecular weight is 319 g/mol. The van der Waals surface area contributed by atoms with Gasteiger partial charge in [0.1, 0.15) is 0 Å². The first-order valence-electron chi connectivity index (χ1n) is 6.28. The third-order valence-corrected chi connectivity index (χ3v) is 6.52. The van der Waals surface area contributed by atoms with Gasteiger partial charge in [-0.15, -0.1) is 11.3 Å². The molecule has 1 aliphatic rings. The molecule has 2 rings (SSSR count). The lowest BCUT2D eigenvalue weighted by atomic mass is 10.4. The van der Waals surface area contributed by atoms with E-state index >= 15 is 0 Å². The molecule has 0 bridgehead atoms. The van der Waals surface area contributed by atoms with Crippen LogP contribution in [0.2, 0.25) is 0 Å². The van der Waals surface area contributed by atoms with E-state index in [1.54, 1.807) is 0 Å². The van der Waals surface area contributed by atoms with Crippen molar-refractivity contribution < 1.29 is 18.3 Å². The van der Waals surface area contributed by atoms with Crippen molar-refractivity contribution in [2.24, 2.45) is 0 Å². The molecule has 1 aliphatic heterocycles. The molecule has 0 spiro atoms. The Hall–Kier alpha value is -1.03. The number of sulfonamides is 1. The number of aromatic carboxylic acids is 1. The Morgan fingerprint density at radius 3 is 2.75 bits per heavy atom. The molecule has 0 atom stereocenters. The fraction of sp³-hybridized carbons (Fsp3) is 0.636. The van der Waals surface area contributed by atoms with Crippen molar-refractivity contribution in [1.82, 2.24) is 14.2 Å². The lowest BCUT2D eigenvalue weighted by molar-refractivity contribution is 0.0687. The standard InChI is InChI=1S/C11H17N3O4S2/c1-13(6-7-14-4-2-3-5-14)20(17,18)11-9(10(15)16)12-8-19-11/h8H,2-7H2,1H3,(H,15,16). The van der Waals surface area contributed by atoms with E-state index in [9.17, 15) is 13.2 Å². The van der Waals surface area contributed by atoms with Crippen LogP contribution in [0.15, 0.2) is 9.72 Å². The van der Waals surface area contributed by atoms with Gasteiger partial charge in [-0.05, 0) is 25.9 Å². The van der Waals surface area contributed by atoms with Crippen LogP contribution in [0.25, 0.3) is 0 Å². The summed E-state index contributed by atoms with van der Waals surface area (Å²) in [6.45, 7) is 3.00. The normalized spacial score (nSPS) is 16.9. The molecule has 1 saturated heterocycles. The maximum Gasteiger partial charge on any atom is 0.356 e. The largest absolute Gasteiger partial charge is 0.476 e. The van der Waals surface area contributed by atoms with Gasteiger partial charge in [-0.25, -0.2) is 18.2 Å². The van der Waals surface area contributed by atoms with Gasteiger partial charge in [0.15, 0.2) is 9.90 Å². The first kappa shape index (κ1) is 15.4. The Bertz CT molecular complexity index is 578. The van der Waals surface area contributed by atoms with Gasteiger partial charge in [0.25, 0.3) is 10.0 Å². The van der Waals surface area contributed by atoms with Crippen LogP contribution in [0.3, 0.4) is 0 Å². The van der Waals surface area contributed by atoms with Crippen molar-refractivity contribution in [1.29, 1.82) is 0 Å². The van der Waals surface area contributed by atoms with E-state index in [-0.39, 0.29) is 4.21 Å². The Balaban J connectivity index is 2.08. The van der Waals surface area contributed by atoms with Crippen LogP contribution in [0.4, 0.5) is 0 Å². The fourth-order valence-corrected chi connectivity index (χ4v) is 4.60. The number of nitrogens with zero attached hydrogens (tertiary/aromatic N) is 3. The molecule has 0 aromatic carbocycles. The van der Waals surface area contributed by atoms with Gasteiger partial charge < -0.3 is 10.0 Å². The molecule has 1 N–H and O–H groups in total. The summed E-state index contributed by atoms with van der Waals surface area (Å²) in [6, 6.07) is 0. The van der Waals surface area contributed by atoms with Gasteiger partial charge in [-0.2, -0.15) is 4.31 Å². The SMILES string of the molecule is CN(CCN1CCCC1)S(=O)(=O)c1scnc1C(=O)O. The minimum absolute atomic E-state index is 0.200. The third-order valence-electron chi connectivity index (χ3n) is 3.31. The fourth-order valence-electron chi connectivity index (χ4n) is 2.11. The van der Waals surface area contributed by atoms with Crippen LogP contribution in [-0.2, 0) is 10.0 Å². The summed E-state index contributed by atoms with van der Waals surface area (Å²) in [6.07, 6.45) is 2.29. The van der Waals surface area contributed by atoms with Crippen LogP contribution in [0.1, 0.15) is 23.3 Å². The third kappa shape index (κ3) is 3.17. The quantitative estimate of drug-likeness (QED) is 0.824. The number of hydrogen-bond acceptors (Lipinski definition) is 6. The molecule has 1 aromatic heterocycles. The number of carbonyl (C=O) groups is 1. The minimum Gasteiger partial charge on any atom is -0.476 e. The van der Waals surface area contributed by atoms with Crippen LogP contribution in [0.5, 0.6) is 0 Å².